The molecule has 1 aliphatic rings. The van der Waals surface area contributed by atoms with Crippen LogP contribution in [0.15, 0.2) is 36.7 Å². The van der Waals surface area contributed by atoms with Gasteiger partial charge in [0.2, 0.25) is 0 Å². The van der Waals surface area contributed by atoms with Crippen LogP contribution in [0.1, 0.15) is 29.3 Å². The lowest BCUT2D eigenvalue weighted by Crippen LogP contribution is -2.37. The standard InChI is InChI=1S/C18H19N5O2/c1-2-25-18-16(20-8-9-21-18)23-10-7-15(12-23)22-17(24)14-5-3-13(11-19)4-6-14/h3-6,8-9,15H,2,7,10,12H2,1H3,(H,22,24)/t15-/m0/s1. The molecule has 1 aliphatic heterocycles. The molecule has 0 bridgehead atoms. The van der Waals surface area contributed by atoms with E-state index in [9.17, 15) is 4.79 Å². The minimum absolute atomic E-state index is 0.0274. The molecule has 1 fully saturated rings. The van der Waals surface area contributed by atoms with E-state index >= 15 is 0 Å². The molecule has 0 spiro atoms. The number of nitriles is 1. The fourth-order valence-corrected chi connectivity index (χ4v) is 2.81. The van der Waals surface area contributed by atoms with E-state index in [-0.39, 0.29) is 11.9 Å². The van der Waals surface area contributed by atoms with E-state index in [0.717, 1.165) is 13.0 Å². The molecule has 1 aromatic carbocycles. The highest BCUT2D eigenvalue weighted by molar-refractivity contribution is 5.94. The highest BCUT2D eigenvalue weighted by Gasteiger charge is 2.27. The van der Waals surface area contributed by atoms with Gasteiger partial charge in [-0.05, 0) is 37.6 Å². The van der Waals surface area contributed by atoms with Crippen molar-refractivity contribution in [3.05, 3.63) is 47.8 Å². The monoisotopic (exact) mass is 337 g/mol. The maximum Gasteiger partial charge on any atom is 0.257 e. The van der Waals surface area contributed by atoms with Crippen LogP contribution in [0.2, 0.25) is 0 Å². The summed E-state index contributed by atoms with van der Waals surface area (Å²) in [6.07, 6.45) is 4.07. The SMILES string of the molecule is CCOc1nccnc1N1CC[C@H](NC(=O)c2ccc(C#N)cc2)C1. The van der Waals surface area contributed by atoms with Gasteiger partial charge in [0.25, 0.3) is 11.8 Å². The summed E-state index contributed by atoms with van der Waals surface area (Å²) in [7, 11) is 0. The zero-order valence-corrected chi connectivity index (χ0v) is 14.0. The number of nitrogens with zero attached hydrogens (tertiary/aromatic N) is 4. The first-order valence-corrected chi connectivity index (χ1v) is 8.21. The molecule has 1 aromatic heterocycles. The summed E-state index contributed by atoms with van der Waals surface area (Å²) < 4.78 is 5.53. The Labute approximate surface area is 146 Å². The Hall–Kier alpha value is -3.14. The first-order valence-electron chi connectivity index (χ1n) is 8.21. The van der Waals surface area contributed by atoms with Gasteiger partial charge in [0.15, 0.2) is 5.82 Å². The maximum atomic E-state index is 12.3. The molecule has 7 heteroatoms. The van der Waals surface area contributed by atoms with Crippen molar-refractivity contribution in [3.8, 4) is 11.9 Å². The van der Waals surface area contributed by atoms with Crippen molar-refractivity contribution in [1.82, 2.24) is 15.3 Å². The van der Waals surface area contributed by atoms with Crippen molar-refractivity contribution in [1.29, 1.82) is 5.26 Å². The summed E-state index contributed by atoms with van der Waals surface area (Å²) in [6.45, 7) is 3.86. The third-order valence-corrected chi connectivity index (χ3v) is 4.03. The Bertz CT molecular complexity index is 785. The van der Waals surface area contributed by atoms with E-state index in [1.165, 1.54) is 0 Å². The van der Waals surface area contributed by atoms with E-state index in [4.69, 9.17) is 10.00 Å². The molecule has 1 N–H and O–H groups in total. The first kappa shape index (κ1) is 16.7. The van der Waals surface area contributed by atoms with Gasteiger partial charge in [0, 0.05) is 37.1 Å². The molecule has 0 aliphatic carbocycles. The summed E-state index contributed by atoms with van der Waals surface area (Å²) in [5.41, 5.74) is 1.08. The van der Waals surface area contributed by atoms with Gasteiger partial charge in [0.1, 0.15) is 0 Å². The molecule has 3 rings (SSSR count). The summed E-state index contributed by atoms with van der Waals surface area (Å²) in [6, 6.07) is 8.68. The van der Waals surface area contributed by atoms with Crippen molar-refractivity contribution in [2.75, 3.05) is 24.6 Å². The predicted molar refractivity (Wildman–Crippen MR) is 92.4 cm³/mol. The van der Waals surface area contributed by atoms with E-state index in [1.807, 2.05) is 13.0 Å². The number of ether oxygens (including phenoxy) is 1. The summed E-state index contributed by atoms with van der Waals surface area (Å²) in [5.74, 6) is 1.09. The van der Waals surface area contributed by atoms with Gasteiger partial charge >= 0.3 is 0 Å². The van der Waals surface area contributed by atoms with Crippen LogP contribution < -0.4 is 15.0 Å². The van der Waals surface area contributed by atoms with Gasteiger partial charge in [-0.25, -0.2) is 9.97 Å². The number of nitrogens with one attached hydrogen (secondary N) is 1. The Morgan fingerprint density at radius 2 is 2.12 bits per heavy atom. The molecule has 25 heavy (non-hydrogen) atoms. The summed E-state index contributed by atoms with van der Waals surface area (Å²) >= 11 is 0. The van der Waals surface area contributed by atoms with Crippen molar-refractivity contribution in [3.63, 3.8) is 0 Å². The van der Waals surface area contributed by atoms with Crippen LogP contribution in [-0.2, 0) is 0 Å². The summed E-state index contributed by atoms with van der Waals surface area (Å²) in [4.78, 5) is 23.0. The number of hydrogen-bond acceptors (Lipinski definition) is 6. The van der Waals surface area contributed by atoms with E-state index < -0.39 is 0 Å². The van der Waals surface area contributed by atoms with Crippen molar-refractivity contribution in [2.24, 2.45) is 0 Å². The lowest BCUT2D eigenvalue weighted by Gasteiger charge is -2.19. The normalized spacial score (nSPS) is 16.3. The number of carbonyl (C=O) groups excluding carboxylic acids is 1. The quantitative estimate of drug-likeness (QED) is 0.894. The van der Waals surface area contributed by atoms with Crippen molar-refractivity contribution in [2.45, 2.75) is 19.4 Å². The zero-order valence-electron chi connectivity index (χ0n) is 14.0. The molecule has 2 aromatic rings. The van der Waals surface area contributed by atoms with Crippen LogP contribution in [0, 0.1) is 11.3 Å². The van der Waals surface area contributed by atoms with E-state index in [1.54, 1.807) is 36.7 Å². The van der Waals surface area contributed by atoms with E-state index in [0.29, 0.717) is 36.0 Å². The fourth-order valence-electron chi connectivity index (χ4n) is 2.81. The van der Waals surface area contributed by atoms with Crippen LogP contribution in [0.25, 0.3) is 0 Å². The summed E-state index contributed by atoms with van der Waals surface area (Å²) in [5, 5.41) is 11.8. The Kier molecular flexibility index (Phi) is 5.09. The van der Waals surface area contributed by atoms with Gasteiger partial charge in [-0.2, -0.15) is 5.26 Å². The first-order chi connectivity index (χ1) is 12.2. The van der Waals surface area contributed by atoms with Crippen LogP contribution >= 0.6 is 0 Å². The smallest absolute Gasteiger partial charge is 0.257 e. The molecular weight excluding hydrogens is 318 g/mol. The molecule has 7 nitrogen and oxygen atoms in total. The van der Waals surface area contributed by atoms with Gasteiger partial charge < -0.3 is 15.0 Å². The van der Waals surface area contributed by atoms with Crippen molar-refractivity contribution >= 4 is 11.7 Å². The van der Waals surface area contributed by atoms with Crippen LogP contribution in [0.3, 0.4) is 0 Å². The molecule has 0 radical (unpaired) electrons. The Balaban J connectivity index is 1.63. The van der Waals surface area contributed by atoms with Crippen molar-refractivity contribution < 1.29 is 9.53 Å². The lowest BCUT2D eigenvalue weighted by atomic mass is 10.1. The van der Waals surface area contributed by atoms with Gasteiger partial charge in [-0.1, -0.05) is 0 Å². The average molecular weight is 337 g/mol. The molecule has 2 heterocycles. The second-order valence-electron chi connectivity index (χ2n) is 5.71. The third-order valence-electron chi connectivity index (χ3n) is 4.03. The topological polar surface area (TPSA) is 91.1 Å². The number of rotatable bonds is 5. The van der Waals surface area contributed by atoms with E-state index in [2.05, 4.69) is 20.2 Å². The lowest BCUT2D eigenvalue weighted by molar-refractivity contribution is 0.0940. The zero-order chi connectivity index (χ0) is 17.6. The minimum atomic E-state index is -0.138. The largest absolute Gasteiger partial charge is 0.475 e. The number of benzene rings is 1. The molecule has 0 unspecified atom stereocenters. The van der Waals surface area contributed by atoms with Crippen LogP contribution in [0.4, 0.5) is 5.82 Å². The second kappa shape index (κ2) is 7.62. The number of carbonyl (C=O) groups is 1. The molecular formula is C18H19N5O2. The molecule has 1 atom stereocenters. The molecule has 1 saturated heterocycles. The number of amides is 1. The Morgan fingerprint density at radius 1 is 1.36 bits per heavy atom. The molecule has 128 valence electrons. The Morgan fingerprint density at radius 3 is 2.84 bits per heavy atom. The van der Waals surface area contributed by atoms with Gasteiger partial charge in [-0.3, -0.25) is 4.79 Å². The number of hydrogen-bond donors (Lipinski definition) is 1. The highest BCUT2D eigenvalue weighted by atomic mass is 16.5. The van der Waals surface area contributed by atoms with Crippen LogP contribution in [-0.4, -0.2) is 41.6 Å². The number of aromatic nitrogens is 2. The predicted octanol–water partition coefficient (Wildman–Crippen LogP) is 1.76. The fraction of sp³-hybridized carbons (Fsp3) is 0.333. The molecule has 0 saturated carbocycles. The minimum Gasteiger partial charge on any atom is -0.475 e. The third kappa shape index (κ3) is 3.86. The van der Waals surface area contributed by atoms with Crippen LogP contribution in [0.5, 0.6) is 5.88 Å². The van der Waals surface area contributed by atoms with Gasteiger partial charge in [0.05, 0.1) is 18.2 Å². The second-order valence-corrected chi connectivity index (χ2v) is 5.71. The molecule has 1 amide bonds. The highest BCUT2D eigenvalue weighted by Crippen LogP contribution is 2.26. The van der Waals surface area contributed by atoms with Gasteiger partial charge in [-0.15, -0.1) is 0 Å². The maximum absolute atomic E-state index is 12.3. The number of anilines is 1. The average Bonchev–Trinajstić information content (AvgIpc) is 3.11.